The van der Waals surface area contributed by atoms with Crippen LogP contribution in [0.5, 0.6) is 0 Å². The molecule has 0 aromatic heterocycles. The van der Waals surface area contributed by atoms with Gasteiger partial charge >= 0.3 is 5.97 Å². The van der Waals surface area contributed by atoms with Crippen molar-refractivity contribution in [3.05, 3.63) is 89.0 Å². The van der Waals surface area contributed by atoms with Crippen molar-refractivity contribution in [2.45, 2.75) is 13.0 Å². The van der Waals surface area contributed by atoms with Gasteiger partial charge in [0.2, 0.25) is 0 Å². The minimum Gasteiger partial charge on any atom is -0.481 e. The number of anilines is 1. The van der Waals surface area contributed by atoms with Crippen molar-refractivity contribution in [1.82, 2.24) is 0 Å². The van der Waals surface area contributed by atoms with E-state index in [-0.39, 0.29) is 29.8 Å². The van der Waals surface area contributed by atoms with E-state index < -0.39 is 23.5 Å². The molecular weight excluding hydrogens is 378 g/mol. The average molecular weight is 396 g/mol. The van der Waals surface area contributed by atoms with Crippen LogP contribution in [-0.2, 0) is 17.8 Å². The summed E-state index contributed by atoms with van der Waals surface area (Å²) in [4.78, 5) is 23.7. The van der Waals surface area contributed by atoms with Crippen molar-refractivity contribution >= 4 is 17.6 Å². The lowest BCUT2D eigenvalue weighted by Crippen LogP contribution is -2.14. The molecule has 5 nitrogen and oxygen atoms in total. The first-order chi connectivity index (χ1) is 13.9. The molecule has 0 saturated carbocycles. The molecule has 3 aromatic rings. The zero-order valence-corrected chi connectivity index (χ0v) is 15.3. The molecule has 0 unspecified atom stereocenters. The zero-order valence-electron chi connectivity index (χ0n) is 15.3. The van der Waals surface area contributed by atoms with Gasteiger partial charge in [-0.1, -0.05) is 18.2 Å². The van der Waals surface area contributed by atoms with Crippen molar-refractivity contribution in [1.29, 1.82) is 0 Å². The molecule has 1 amide bonds. The summed E-state index contributed by atoms with van der Waals surface area (Å²) in [6.45, 7) is 0.177. The highest BCUT2D eigenvalue weighted by atomic mass is 19.1. The molecule has 0 bridgehead atoms. The first kappa shape index (κ1) is 20.2. The van der Waals surface area contributed by atoms with Crippen molar-refractivity contribution in [2.24, 2.45) is 5.73 Å². The van der Waals surface area contributed by atoms with Gasteiger partial charge in [0.15, 0.2) is 0 Å². The first-order valence-corrected chi connectivity index (χ1v) is 8.77. The molecule has 0 spiro atoms. The highest BCUT2D eigenvalue weighted by molar-refractivity contribution is 6.05. The number of benzene rings is 3. The fraction of sp³-hybridized carbons (Fsp3) is 0.0909. The number of hydrogen-bond acceptors (Lipinski definition) is 3. The fourth-order valence-corrected chi connectivity index (χ4v) is 2.95. The number of carbonyl (C=O) groups excluding carboxylic acids is 1. The summed E-state index contributed by atoms with van der Waals surface area (Å²) in [5.41, 5.74) is 8.00. The van der Waals surface area contributed by atoms with Gasteiger partial charge in [-0.2, -0.15) is 0 Å². The van der Waals surface area contributed by atoms with E-state index in [1.165, 1.54) is 18.2 Å². The zero-order chi connectivity index (χ0) is 21.0. The molecule has 148 valence electrons. The smallest absolute Gasteiger partial charge is 0.307 e. The summed E-state index contributed by atoms with van der Waals surface area (Å²) in [5, 5.41) is 11.5. The lowest BCUT2D eigenvalue weighted by molar-refractivity contribution is -0.136. The maximum absolute atomic E-state index is 13.8. The maximum Gasteiger partial charge on any atom is 0.307 e. The number of amides is 1. The van der Waals surface area contributed by atoms with Gasteiger partial charge in [-0.3, -0.25) is 9.59 Å². The standard InChI is InChI=1S/C22H18F2N2O3/c23-18-5-4-15(10-21(27)28)20(11-18)26-22(29)16-3-1-2-14(8-16)17-6-13(12-25)7-19(24)9-17/h1-9,11H,10,12,25H2,(H,26,29)(H,27,28). The molecule has 0 radical (unpaired) electrons. The van der Waals surface area contributed by atoms with Crippen molar-refractivity contribution < 1.29 is 23.5 Å². The Morgan fingerprint density at radius 3 is 2.45 bits per heavy atom. The summed E-state index contributed by atoms with van der Waals surface area (Å²) in [7, 11) is 0. The number of hydrogen-bond donors (Lipinski definition) is 3. The largest absolute Gasteiger partial charge is 0.481 e. The Balaban J connectivity index is 1.90. The third-order valence-corrected chi connectivity index (χ3v) is 4.31. The van der Waals surface area contributed by atoms with Crippen LogP contribution in [0.3, 0.4) is 0 Å². The number of rotatable bonds is 6. The summed E-state index contributed by atoms with van der Waals surface area (Å²) < 4.78 is 27.4. The lowest BCUT2D eigenvalue weighted by Gasteiger charge is -2.11. The van der Waals surface area contributed by atoms with Crippen molar-refractivity contribution in [3.63, 3.8) is 0 Å². The number of nitrogens with two attached hydrogens (primary N) is 1. The van der Waals surface area contributed by atoms with Crippen LogP contribution in [0.25, 0.3) is 11.1 Å². The van der Waals surface area contributed by atoms with Crippen LogP contribution in [0, 0.1) is 11.6 Å². The first-order valence-electron chi connectivity index (χ1n) is 8.77. The Bertz CT molecular complexity index is 1080. The Labute approximate surface area is 165 Å². The van der Waals surface area contributed by atoms with Crippen LogP contribution in [0.15, 0.2) is 60.7 Å². The Hall–Kier alpha value is -3.58. The van der Waals surface area contributed by atoms with Gasteiger partial charge in [-0.05, 0) is 64.7 Å². The van der Waals surface area contributed by atoms with E-state index in [4.69, 9.17) is 10.8 Å². The van der Waals surface area contributed by atoms with Crippen LogP contribution in [0.4, 0.5) is 14.5 Å². The predicted octanol–water partition coefficient (Wildman–Crippen LogP) is 3.97. The second kappa shape index (κ2) is 8.62. The summed E-state index contributed by atoms with van der Waals surface area (Å²) >= 11 is 0. The highest BCUT2D eigenvalue weighted by Crippen LogP contribution is 2.24. The molecule has 0 aliphatic heterocycles. The van der Waals surface area contributed by atoms with Gasteiger partial charge in [0.05, 0.1) is 6.42 Å². The normalized spacial score (nSPS) is 10.6. The molecule has 29 heavy (non-hydrogen) atoms. The van der Waals surface area contributed by atoms with Crippen LogP contribution in [0.2, 0.25) is 0 Å². The predicted molar refractivity (Wildman–Crippen MR) is 105 cm³/mol. The second-order valence-electron chi connectivity index (χ2n) is 6.46. The summed E-state index contributed by atoms with van der Waals surface area (Å²) in [6.07, 6.45) is -0.360. The molecule has 0 saturated heterocycles. The van der Waals surface area contributed by atoms with Gasteiger partial charge < -0.3 is 16.2 Å². The number of carboxylic acids is 1. The van der Waals surface area contributed by atoms with Gasteiger partial charge in [0.25, 0.3) is 5.91 Å². The molecule has 0 aliphatic carbocycles. The van der Waals surface area contributed by atoms with Crippen LogP contribution in [0.1, 0.15) is 21.5 Å². The molecule has 4 N–H and O–H groups in total. The number of aliphatic carboxylic acids is 1. The van der Waals surface area contributed by atoms with E-state index in [0.29, 0.717) is 16.7 Å². The molecular formula is C22H18F2N2O3. The molecule has 0 fully saturated rings. The minimum absolute atomic E-state index is 0.0824. The van der Waals surface area contributed by atoms with Gasteiger partial charge in [0.1, 0.15) is 11.6 Å². The quantitative estimate of drug-likeness (QED) is 0.588. The van der Waals surface area contributed by atoms with Crippen LogP contribution in [-0.4, -0.2) is 17.0 Å². The van der Waals surface area contributed by atoms with Crippen molar-refractivity contribution in [2.75, 3.05) is 5.32 Å². The Morgan fingerprint density at radius 2 is 1.72 bits per heavy atom. The molecule has 0 aliphatic rings. The lowest BCUT2D eigenvalue weighted by atomic mass is 10.0. The third-order valence-electron chi connectivity index (χ3n) is 4.31. The number of halogens is 2. The molecule has 3 aromatic carbocycles. The van der Waals surface area contributed by atoms with Gasteiger partial charge in [0, 0.05) is 17.8 Å². The summed E-state index contributed by atoms with van der Waals surface area (Å²) in [6, 6.07) is 14.4. The average Bonchev–Trinajstić information content (AvgIpc) is 2.69. The minimum atomic E-state index is -1.10. The number of carbonyl (C=O) groups is 2. The van der Waals surface area contributed by atoms with E-state index in [1.54, 1.807) is 30.3 Å². The second-order valence-corrected chi connectivity index (χ2v) is 6.46. The Kier molecular flexibility index (Phi) is 5.99. The number of nitrogens with one attached hydrogen (secondary N) is 1. The van der Waals surface area contributed by atoms with Crippen LogP contribution >= 0.6 is 0 Å². The van der Waals surface area contributed by atoms with E-state index in [9.17, 15) is 18.4 Å². The number of carboxylic acid groups (broad SMARTS) is 1. The van der Waals surface area contributed by atoms with Gasteiger partial charge in [-0.15, -0.1) is 0 Å². The van der Waals surface area contributed by atoms with E-state index in [1.807, 2.05) is 0 Å². The topological polar surface area (TPSA) is 92.4 Å². The van der Waals surface area contributed by atoms with E-state index in [2.05, 4.69) is 5.32 Å². The third kappa shape index (κ3) is 5.03. The SMILES string of the molecule is NCc1cc(F)cc(-c2cccc(C(=O)Nc3cc(F)ccc3CC(=O)O)c2)c1. The maximum atomic E-state index is 13.8. The molecule has 3 rings (SSSR count). The molecule has 0 heterocycles. The highest BCUT2D eigenvalue weighted by Gasteiger charge is 2.13. The summed E-state index contributed by atoms with van der Waals surface area (Å²) in [5.74, 6) is -2.68. The van der Waals surface area contributed by atoms with Crippen molar-refractivity contribution in [3.8, 4) is 11.1 Å². The van der Waals surface area contributed by atoms with Gasteiger partial charge in [-0.25, -0.2) is 8.78 Å². The van der Waals surface area contributed by atoms with E-state index in [0.717, 1.165) is 12.1 Å². The fourth-order valence-electron chi connectivity index (χ4n) is 2.95. The van der Waals surface area contributed by atoms with Crippen LogP contribution < -0.4 is 11.1 Å². The molecule has 0 atom stereocenters. The monoisotopic (exact) mass is 396 g/mol. The van der Waals surface area contributed by atoms with E-state index >= 15 is 0 Å². The Morgan fingerprint density at radius 1 is 0.931 bits per heavy atom. The molecule has 7 heteroatoms.